The molecule has 1 amide bonds. The number of benzene rings is 1. The summed E-state index contributed by atoms with van der Waals surface area (Å²) >= 11 is 1.50. The van der Waals surface area contributed by atoms with Gasteiger partial charge in [-0.2, -0.15) is 0 Å². The highest BCUT2D eigenvalue weighted by atomic mass is 32.1. The number of carbonyl (C=O) groups excluding carboxylic acids is 1. The van der Waals surface area contributed by atoms with E-state index in [1.807, 2.05) is 50.2 Å². The Hall–Kier alpha value is -3.70. The Balaban J connectivity index is 1.72. The van der Waals surface area contributed by atoms with Gasteiger partial charge in [0.15, 0.2) is 5.82 Å². The molecule has 1 aliphatic heterocycles. The first-order valence-corrected chi connectivity index (χ1v) is 10.7. The van der Waals surface area contributed by atoms with Gasteiger partial charge in [0.1, 0.15) is 10.6 Å². The topological polar surface area (TPSA) is 83.0 Å². The zero-order chi connectivity index (χ0) is 21.7. The van der Waals surface area contributed by atoms with E-state index in [9.17, 15) is 4.79 Å². The molecule has 0 unspecified atom stereocenters. The molecule has 1 aromatic carbocycles. The van der Waals surface area contributed by atoms with Crippen LogP contribution in [0.15, 0.2) is 30.3 Å². The number of rotatable bonds is 2. The molecule has 4 aromatic rings. The molecule has 0 bridgehead atoms. The van der Waals surface area contributed by atoms with Crippen molar-refractivity contribution >= 4 is 49.7 Å². The van der Waals surface area contributed by atoms with E-state index in [0.29, 0.717) is 22.9 Å². The van der Waals surface area contributed by atoms with Crippen molar-refractivity contribution in [3.05, 3.63) is 40.9 Å². The van der Waals surface area contributed by atoms with Crippen LogP contribution < -0.4 is 15.5 Å². The lowest BCUT2D eigenvalue weighted by Gasteiger charge is -2.15. The predicted octanol–water partition coefficient (Wildman–Crippen LogP) is 3.50. The number of hydrogen-bond acceptors (Lipinski definition) is 7. The number of amides is 1. The second-order valence-corrected chi connectivity index (χ2v) is 8.82. The lowest BCUT2D eigenvalue weighted by molar-refractivity contribution is 0.0949. The number of fused-ring (bicyclic) bond motifs is 5. The molecule has 0 saturated heterocycles. The highest BCUT2D eigenvalue weighted by Gasteiger charge is 2.25. The second kappa shape index (κ2) is 7.22. The quantitative estimate of drug-likeness (QED) is 0.476. The van der Waals surface area contributed by atoms with Gasteiger partial charge in [0.05, 0.1) is 16.9 Å². The third-order valence-electron chi connectivity index (χ3n) is 5.31. The molecule has 154 valence electrons. The Labute approximate surface area is 183 Å². The van der Waals surface area contributed by atoms with E-state index in [-0.39, 0.29) is 11.9 Å². The first kappa shape index (κ1) is 19.3. The van der Waals surface area contributed by atoms with E-state index in [0.717, 1.165) is 37.9 Å². The van der Waals surface area contributed by atoms with E-state index in [1.165, 1.54) is 11.3 Å². The molecule has 0 fully saturated rings. The summed E-state index contributed by atoms with van der Waals surface area (Å²) < 4.78 is 1.05. The zero-order valence-corrected chi connectivity index (χ0v) is 18.2. The fourth-order valence-corrected chi connectivity index (χ4v) is 4.95. The normalized spacial score (nSPS) is 15.7. The monoisotopic (exact) mass is 428 g/mol. The van der Waals surface area contributed by atoms with Crippen LogP contribution in [0.2, 0.25) is 0 Å². The van der Waals surface area contributed by atoms with Crippen molar-refractivity contribution in [3.63, 3.8) is 0 Å². The summed E-state index contributed by atoms with van der Waals surface area (Å²) in [7, 11) is 3.82. The second-order valence-electron chi connectivity index (χ2n) is 7.77. The minimum Gasteiger partial charge on any atom is -0.381 e. The molecule has 8 heteroatoms. The number of nitrogens with zero attached hydrogens (tertiary/aromatic N) is 4. The van der Waals surface area contributed by atoms with Gasteiger partial charge in [-0.1, -0.05) is 0 Å². The van der Waals surface area contributed by atoms with Gasteiger partial charge in [0.2, 0.25) is 0 Å². The first-order chi connectivity index (χ1) is 15.0. The molecule has 0 radical (unpaired) electrons. The Kier molecular flexibility index (Phi) is 4.49. The van der Waals surface area contributed by atoms with Crippen molar-refractivity contribution < 1.29 is 4.79 Å². The van der Waals surface area contributed by atoms with Crippen LogP contribution in [0.25, 0.3) is 32.2 Å². The molecule has 3 aromatic heterocycles. The number of hydrogen-bond donors (Lipinski definition) is 2. The predicted molar refractivity (Wildman–Crippen MR) is 126 cm³/mol. The maximum absolute atomic E-state index is 12.6. The van der Waals surface area contributed by atoms with Crippen LogP contribution in [0.5, 0.6) is 0 Å². The lowest BCUT2D eigenvalue weighted by atomic mass is 10.1. The highest BCUT2D eigenvalue weighted by molar-refractivity contribution is 7.21. The summed E-state index contributed by atoms with van der Waals surface area (Å²) in [5.74, 6) is 3.21. The fraction of sp³-hybridized carbons (Fsp3) is 0.217. The number of aromatic nitrogens is 3. The number of thiophene rings is 1. The lowest BCUT2D eigenvalue weighted by Crippen LogP contribution is -2.34. The van der Waals surface area contributed by atoms with Crippen molar-refractivity contribution in [1.29, 1.82) is 0 Å². The van der Waals surface area contributed by atoms with Crippen LogP contribution in [0.1, 0.15) is 22.3 Å². The Morgan fingerprint density at radius 1 is 1.23 bits per heavy atom. The third kappa shape index (κ3) is 3.14. The molecule has 5 rings (SSSR count). The zero-order valence-electron chi connectivity index (χ0n) is 17.4. The minimum atomic E-state index is -0.0354. The summed E-state index contributed by atoms with van der Waals surface area (Å²) in [5, 5.41) is 16.9. The summed E-state index contributed by atoms with van der Waals surface area (Å²) in [6.45, 7) is 2.67. The summed E-state index contributed by atoms with van der Waals surface area (Å²) in [6, 6.07) is 9.93. The number of nitrogens with one attached hydrogen (secondary N) is 2. The molecule has 1 aliphatic rings. The van der Waals surface area contributed by atoms with Crippen molar-refractivity contribution in [2.75, 3.05) is 30.9 Å². The first-order valence-electron chi connectivity index (χ1n) is 9.89. The van der Waals surface area contributed by atoms with Crippen LogP contribution in [0, 0.1) is 12.3 Å². The minimum absolute atomic E-state index is 0.0354. The highest BCUT2D eigenvalue weighted by Crippen LogP contribution is 2.41. The van der Waals surface area contributed by atoms with Crippen LogP contribution in [-0.4, -0.2) is 47.8 Å². The average molecular weight is 429 g/mol. The molecule has 2 N–H and O–H groups in total. The molecule has 0 saturated carbocycles. The molecular weight excluding hydrogens is 408 g/mol. The molecule has 31 heavy (non-hydrogen) atoms. The van der Waals surface area contributed by atoms with Crippen molar-refractivity contribution in [2.45, 2.75) is 13.0 Å². The van der Waals surface area contributed by atoms with Crippen LogP contribution in [-0.2, 0) is 0 Å². The third-order valence-corrected chi connectivity index (χ3v) is 6.47. The Morgan fingerprint density at radius 3 is 2.84 bits per heavy atom. The van der Waals surface area contributed by atoms with Gasteiger partial charge in [-0.15, -0.1) is 28.0 Å². The molecular formula is C23H20N6OS. The van der Waals surface area contributed by atoms with Crippen molar-refractivity contribution in [3.8, 4) is 23.6 Å². The van der Waals surface area contributed by atoms with E-state index < -0.39 is 0 Å². The van der Waals surface area contributed by atoms with E-state index in [2.05, 4.69) is 32.8 Å². The largest absolute Gasteiger partial charge is 0.381 e. The average Bonchev–Trinajstić information content (AvgIpc) is 3.09. The van der Waals surface area contributed by atoms with Gasteiger partial charge >= 0.3 is 0 Å². The van der Waals surface area contributed by atoms with Gasteiger partial charge in [0, 0.05) is 47.7 Å². The number of terminal acetylenes is 1. The molecule has 1 atom stereocenters. The molecule has 4 heterocycles. The summed E-state index contributed by atoms with van der Waals surface area (Å²) in [6.07, 6.45) is 5.54. The van der Waals surface area contributed by atoms with Crippen LogP contribution in [0.3, 0.4) is 0 Å². The van der Waals surface area contributed by atoms with Gasteiger partial charge in [0.25, 0.3) is 5.91 Å². The number of anilines is 2. The van der Waals surface area contributed by atoms with E-state index in [4.69, 9.17) is 11.4 Å². The molecule has 7 nitrogen and oxygen atoms in total. The summed E-state index contributed by atoms with van der Waals surface area (Å²) in [5.41, 5.74) is 3.78. The standard InChI is InChI=1S/C23H20N6OS/c1-5-13-10-15(22(28-27-13)29(3)4)17-7-6-14-16(26-17)8-9-18-19(14)20-21(31-18)23(30)25-12(2)11-24-20/h1,6-10,12,24H,11H2,2-4H3,(H,25,30)/t12-/m1/s1. The Morgan fingerprint density at radius 2 is 2.06 bits per heavy atom. The van der Waals surface area contributed by atoms with E-state index >= 15 is 0 Å². The van der Waals surface area contributed by atoms with Gasteiger partial charge in [-0.25, -0.2) is 4.98 Å². The van der Waals surface area contributed by atoms with Crippen LogP contribution in [0.4, 0.5) is 11.5 Å². The molecule has 0 aliphatic carbocycles. The van der Waals surface area contributed by atoms with E-state index in [1.54, 1.807) is 0 Å². The summed E-state index contributed by atoms with van der Waals surface area (Å²) in [4.78, 5) is 20.1. The molecule has 0 spiro atoms. The SMILES string of the molecule is C#Cc1cc(-c2ccc3c(ccc4sc5c(c43)NC[C@@H](C)NC5=O)n2)c(N(C)C)nn1. The smallest absolute Gasteiger partial charge is 0.263 e. The maximum atomic E-state index is 12.6. The van der Waals surface area contributed by atoms with Gasteiger partial charge in [-0.3, -0.25) is 4.79 Å². The van der Waals surface area contributed by atoms with Gasteiger partial charge in [-0.05, 0) is 43.2 Å². The van der Waals surface area contributed by atoms with Crippen molar-refractivity contribution in [2.24, 2.45) is 0 Å². The van der Waals surface area contributed by atoms with Crippen molar-refractivity contribution in [1.82, 2.24) is 20.5 Å². The van der Waals surface area contributed by atoms with Gasteiger partial charge < -0.3 is 15.5 Å². The number of carbonyl (C=O) groups is 1. The maximum Gasteiger partial charge on any atom is 0.263 e. The Bertz CT molecular complexity index is 1400. The van der Waals surface area contributed by atoms with Crippen LogP contribution >= 0.6 is 11.3 Å². The number of pyridine rings is 1. The fourth-order valence-electron chi connectivity index (χ4n) is 3.85.